The van der Waals surface area contributed by atoms with E-state index in [2.05, 4.69) is 27.2 Å². The third-order valence-corrected chi connectivity index (χ3v) is 3.64. The van der Waals surface area contributed by atoms with Gasteiger partial charge in [0.25, 0.3) is 0 Å². The first kappa shape index (κ1) is 15.9. The van der Waals surface area contributed by atoms with Crippen molar-refractivity contribution in [3.8, 4) is 16.9 Å². The van der Waals surface area contributed by atoms with E-state index in [1.807, 2.05) is 56.6 Å². The van der Waals surface area contributed by atoms with Gasteiger partial charge < -0.3 is 10.1 Å². The number of anilines is 2. The van der Waals surface area contributed by atoms with Gasteiger partial charge in [0.2, 0.25) is 0 Å². The minimum atomic E-state index is 0.563. The molecular formula is C19H20N4O. The molecule has 0 amide bonds. The number of nitrogens with one attached hydrogen (secondary N) is 1. The SMILES string of the molecule is CCOc1cc(-c2cnccc2C)cnc1Nc1cccc(C)n1. The molecule has 3 aromatic rings. The number of aryl methyl sites for hydroxylation is 2. The van der Waals surface area contributed by atoms with Crippen molar-refractivity contribution in [3.05, 3.63) is 60.2 Å². The summed E-state index contributed by atoms with van der Waals surface area (Å²) in [4.78, 5) is 13.2. The van der Waals surface area contributed by atoms with E-state index in [-0.39, 0.29) is 0 Å². The molecule has 0 unspecified atom stereocenters. The number of rotatable bonds is 5. The van der Waals surface area contributed by atoms with Crippen LogP contribution in [-0.4, -0.2) is 21.6 Å². The van der Waals surface area contributed by atoms with Crippen LogP contribution in [0.3, 0.4) is 0 Å². The van der Waals surface area contributed by atoms with E-state index in [1.165, 1.54) is 0 Å². The van der Waals surface area contributed by atoms with Crippen molar-refractivity contribution in [2.24, 2.45) is 0 Å². The predicted octanol–water partition coefficient (Wildman–Crippen LogP) is 4.30. The number of ether oxygens (including phenoxy) is 1. The second kappa shape index (κ2) is 7.08. The van der Waals surface area contributed by atoms with Gasteiger partial charge in [0, 0.05) is 35.4 Å². The zero-order valence-corrected chi connectivity index (χ0v) is 14.1. The highest BCUT2D eigenvalue weighted by molar-refractivity contribution is 5.71. The molecule has 5 nitrogen and oxygen atoms in total. The van der Waals surface area contributed by atoms with Crippen LogP contribution in [0.5, 0.6) is 5.75 Å². The van der Waals surface area contributed by atoms with Crippen LogP contribution in [0.15, 0.2) is 48.9 Å². The van der Waals surface area contributed by atoms with E-state index in [0.717, 1.165) is 28.2 Å². The first-order chi connectivity index (χ1) is 11.7. The van der Waals surface area contributed by atoms with Crippen molar-refractivity contribution < 1.29 is 4.74 Å². The summed E-state index contributed by atoms with van der Waals surface area (Å²) in [6.45, 7) is 6.53. The second-order valence-corrected chi connectivity index (χ2v) is 5.48. The molecule has 0 atom stereocenters. The molecule has 0 aliphatic heterocycles. The van der Waals surface area contributed by atoms with Gasteiger partial charge in [-0.3, -0.25) is 4.98 Å². The minimum absolute atomic E-state index is 0.563. The highest BCUT2D eigenvalue weighted by Crippen LogP contribution is 2.31. The predicted molar refractivity (Wildman–Crippen MR) is 95.6 cm³/mol. The van der Waals surface area contributed by atoms with E-state index >= 15 is 0 Å². The Morgan fingerprint density at radius 1 is 1.12 bits per heavy atom. The number of aromatic nitrogens is 3. The fraction of sp³-hybridized carbons (Fsp3) is 0.211. The third-order valence-electron chi connectivity index (χ3n) is 3.64. The van der Waals surface area contributed by atoms with Crippen molar-refractivity contribution in [1.29, 1.82) is 0 Å². The van der Waals surface area contributed by atoms with E-state index in [0.29, 0.717) is 18.2 Å². The van der Waals surface area contributed by atoms with Crippen molar-refractivity contribution in [2.45, 2.75) is 20.8 Å². The zero-order chi connectivity index (χ0) is 16.9. The monoisotopic (exact) mass is 320 g/mol. The Bertz CT molecular complexity index is 848. The van der Waals surface area contributed by atoms with Gasteiger partial charge in [0.15, 0.2) is 11.6 Å². The second-order valence-electron chi connectivity index (χ2n) is 5.48. The van der Waals surface area contributed by atoms with E-state index in [9.17, 15) is 0 Å². The van der Waals surface area contributed by atoms with Crippen LogP contribution in [-0.2, 0) is 0 Å². The fourth-order valence-corrected chi connectivity index (χ4v) is 2.45. The van der Waals surface area contributed by atoms with Gasteiger partial charge in [-0.05, 0) is 50.6 Å². The average molecular weight is 320 g/mol. The topological polar surface area (TPSA) is 59.9 Å². The molecule has 3 heterocycles. The highest BCUT2D eigenvalue weighted by atomic mass is 16.5. The first-order valence-corrected chi connectivity index (χ1v) is 7.92. The molecule has 3 aromatic heterocycles. The molecule has 0 saturated heterocycles. The average Bonchev–Trinajstić information content (AvgIpc) is 2.57. The molecule has 0 saturated carbocycles. The Morgan fingerprint density at radius 3 is 2.75 bits per heavy atom. The fourth-order valence-electron chi connectivity index (χ4n) is 2.45. The maximum Gasteiger partial charge on any atom is 0.174 e. The van der Waals surface area contributed by atoms with Crippen molar-refractivity contribution >= 4 is 11.6 Å². The maximum absolute atomic E-state index is 5.77. The lowest BCUT2D eigenvalue weighted by Gasteiger charge is -2.13. The largest absolute Gasteiger partial charge is 0.490 e. The lowest BCUT2D eigenvalue weighted by molar-refractivity contribution is 0.341. The molecule has 1 N–H and O–H groups in total. The summed E-state index contributed by atoms with van der Waals surface area (Å²) < 4.78 is 5.77. The molecule has 0 spiro atoms. The molecule has 0 bridgehead atoms. The van der Waals surface area contributed by atoms with Crippen LogP contribution in [0.4, 0.5) is 11.6 Å². The number of hydrogen-bond donors (Lipinski definition) is 1. The zero-order valence-electron chi connectivity index (χ0n) is 14.1. The van der Waals surface area contributed by atoms with Crippen molar-refractivity contribution in [1.82, 2.24) is 15.0 Å². The van der Waals surface area contributed by atoms with Crippen molar-refractivity contribution in [3.63, 3.8) is 0 Å². The van der Waals surface area contributed by atoms with Crippen LogP contribution in [0.1, 0.15) is 18.2 Å². The van der Waals surface area contributed by atoms with E-state index < -0.39 is 0 Å². The summed E-state index contributed by atoms with van der Waals surface area (Å²) >= 11 is 0. The Kier molecular flexibility index (Phi) is 4.70. The van der Waals surface area contributed by atoms with Gasteiger partial charge in [0.1, 0.15) is 5.82 Å². The van der Waals surface area contributed by atoms with Crippen LogP contribution in [0.25, 0.3) is 11.1 Å². The lowest BCUT2D eigenvalue weighted by Crippen LogP contribution is -2.02. The lowest BCUT2D eigenvalue weighted by atomic mass is 10.1. The van der Waals surface area contributed by atoms with E-state index in [1.54, 1.807) is 6.20 Å². The molecule has 3 rings (SSSR count). The Morgan fingerprint density at radius 2 is 2.00 bits per heavy atom. The molecule has 5 heteroatoms. The quantitative estimate of drug-likeness (QED) is 0.759. The Hall–Kier alpha value is -2.95. The van der Waals surface area contributed by atoms with E-state index in [4.69, 9.17) is 4.74 Å². The molecule has 0 fully saturated rings. The van der Waals surface area contributed by atoms with Crippen molar-refractivity contribution in [2.75, 3.05) is 11.9 Å². The standard InChI is InChI=1S/C19H20N4O/c1-4-24-17-10-15(16-12-20-9-8-13(16)2)11-21-19(17)23-18-7-5-6-14(3)22-18/h5-12H,4H2,1-3H3,(H,21,22,23). The normalized spacial score (nSPS) is 10.5. The number of nitrogens with zero attached hydrogens (tertiary/aromatic N) is 3. The van der Waals surface area contributed by atoms with Crippen LogP contribution in [0, 0.1) is 13.8 Å². The summed E-state index contributed by atoms with van der Waals surface area (Å²) in [5.74, 6) is 2.09. The maximum atomic E-state index is 5.77. The Labute approximate surface area is 141 Å². The van der Waals surface area contributed by atoms with Gasteiger partial charge in [0.05, 0.1) is 6.61 Å². The highest BCUT2D eigenvalue weighted by Gasteiger charge is 2.10. The summed E-state index contributed by atoms with van der Waals surface area (Å²) in [6.07, 6.45) is 5.46. The first-order valence-electron chi connectivity index (χ1n) is 7.92. The van der Waals surface area contributed by atoms with Crippen LogP contribution in [0.2, 0.25) is 0 Å². The van der Waals surface area contributed by atoms with Gasteiger partial charge >= 0.3 is 0 Å². The van der Waals surface area contributed by atoms with Gasteiger partial charge in [-0.1, -0.05) is 6.07 Å². The summed E-state index contributed by atoms with van der Waals surface area (Å²) in [5.41, 5.74) is 4.12. The van der Waals surface area contributed by atoms with Gasteiger partial charge in [-0.25, -0.2) is 9.97 Å². The smallest absolute Gasteiger partial charge is 0.174 e. The minimum Gasteiger partial charge on any atom is -0.490 e. The summed E-state index contributed by atoms with van der Waals surface area (Å²) in [6, 6.07) is 9.79. The molecule has 0 aliphatic carbocycles. The molecule has 0 radical (unpaired) electrons. The number of pyridine rings is 3. The molecule has 24 heavy (non-hydrogen) atoms. The molecular weight excluding hydrogens is 300 g/mol. The third kappa shape index (κ3) is 3.51. The van der Waals surface area contributed by atoms with Gasteiger partial charge in [-0.15, -0.1) is 0 Å². The Balaban J connectivity index is 1.97. The van der Waals surface area contributed by atoms with Gasteiger partial charge in [-0.2, -0.15) is 0 Å². The van der Waals surface area contributed by atoms with Crippen LogP contribution >= 0.6 is 0 Å². The molecule has 0 aromatic carbocycles. The van der Waals surface area contributed by atoms with Crippen LogP contribution < -0.4 is 10.1 Å². The number of hydrogen-bond acceptors (Lipinski definition) is 5. The molecule has 0 aliphatic rings. The molecule has 122 valence electrons. The summed E-state index contributed by atoms with van der Waals surface area (Å²) in [7, 11) is 0. The summed E-state index contributed by atoms with van der Waals surface area (Å²) in [5, 5.41) is 3.23.